The number of halogens is 1. The number of amides is 1. The molecule has 1 N–H and O–H groups in total. The molecule has 1 aliphatic rings. The van der Waals surface area contributed by atoms with Crippen LogP contribution in [0.4, 0.5) is 4.39 Å². The first-order chi connectivity index (χ1) is 11.2. The quantitative estimate of drug-likeness (QED) is 0.912. The van der Waals surface area contributed by atoms with E-state index in [4.69, 9.17) is 4.74 Å². The standard InChI is InChI=1S/C19H20FNO2/c20-15-7-4-8-16(13-15)23-12-11-19(22)21-18-10-3-6-14-5-1-2-9-17(14)18/h1-2,4-5,7-9,13,18H,3,6,10-12H2,(H,21,22). The van der Waals surface area contributed by atoms with E-state index in [9.17, 15) is 9.18 Å². The lowest BCUT2D eigenvalue weighted by molar-refractivity contribution is -0.122. The van der Waals surface area contributed by atoms with Gasteiger partial charge in [0.2, 0.25) is 5.91 Å². The number of aryl methyl sites for hydroxylation is 1. The van der Waals surface area contributed by atoms with Crippen LogP contribution < -0.4 is 10.1 Å². The number of ether oxygens (including phenoxy) is 1. The minimum atomic E-state index is -0.342. The average molecular weight is 313 g/mol. The summed E-state index contributed by atoms with van der Waals surface area (Å²) in [6.07, 6.45) is 3.38. The van der Waals surface area contributed by atoms with Gasteiger partial charge in [-0.3, -0.25) is 4.79 Å². The summed E-state index contributed by atoms with van der Waals surface area (Å²) in [6.45, 7) is 0.240. The molecule has 2 aromatic rings. The number of hydrogen-bond donors (Lipinski definition) is 1. The Bertz CT molecular complexity index is 687. The monoisotopic (exact) mass is 313 g/mol. The average Bonchev–Trinajstić information content (AvgIpc) is 2.55. The molecule has 1 atom stereocenters. The number of benzene rings is 2. The number of hydrogen-bond acceptors (Lipinski definition) is 2. The SMILES string of the molecule is O=C(CCOc1cccc(F)c1)NC1CCCc2ccccc21. The maximum absolute atomic E-state index is 13.0. The molecular weight excluding hydrogens is 293 g/mol. The predicted molar refractivity (Wildman–Crippen MR) is 86.8 cm³/mol. The largest absolute Gasteiger partial charge is 0.493 e. The summed E-state index contributed by atoms with van der Waals surface area (Å²) in [7, 11) is 0. The summed E-state index contributed by atoms with van der Waals surface area (Å²) < 4.78 is 18.5. The third-order valence-corrected chi connectivity index (χ3v) is 4.10. The Labute approximate surface area is 135 Å². The van der Waals surface area contributed by atoms with Crippen LogP contribution in [-0.4, -0.2) is 12.5 Å². The second-order valence-corrected chi connectivity index (χ2v) is 5.77. The lowest BCUT2D eigenvalue weighted by Crippen LogP contribution is -2.31. The molecule has 3 nitrogen and oxygen atoms in total. The van der Waals surface area contributed by atoms with Gasteiger partial charge in [0.05, 0.1) is 19.1 Å². The number of rotatable bonds is 5. The maximum Gasteiger partial charge on any atom is 0.223 e. The van der Waals surface area contributed by atoms with E-state index in [1.165, 1.54) is 23.3 Å². The van der Waals surface area contributed by atoms with Gasteiger partial charge in [0.15, 0.2) is 0 Å². The van der Waals surface area contributed by atoms with E-state index >= 15 is 0 Å². The highest BCUT2D eigenvalue weighted by molar-refractivity contribution is 5.76. The van der Waals surface area contributed by atoms with Gasteiger partial charge in [-0.25, -0.2) is 4.39 Å². The molecule has 120 valence electrons. The van der Waals surface area contributed by atoms with Gasteiger partial charge in [0, 0.05) is 6.07 Å². The zero-order valence-corrected chi connectivity index (χ0v) is 12.9. The highest BCUT2D eigenvalue weighted by atomic mass is 19.1. The summed E-state index contributed by atoms with van der Waals surface area (Å²) >= 11 is 0. The van der Waals surface area contributed by atoms with E-state index in [1.807, 2.05) is 12.1 Å². The lowest BCUT2D eigenvalue weighted by Gasteiger charge is -2.26. The first-order valence-electron chi connectivity index (χ1n) is 7.98. The summed E-state index contributed by atoms with van der Waals surface area (Å²) in [5.74, 6) is 0.0645. The van der Waals surface area contributed by atoms with Crippen molar-refractivity contribution in [1.29, 1.82) is 0 Å². The molecule has 0 saturated heterocycles. The summed E-state index contributed by atoms with van der Waals surface area (Å²) in [5.41, 5.74) is 2.54. The van der Waals surface area contributed by atoms with Crippen molar-refractivity contribution < 1.29 is 13.9 Å². The molecule has 0 aromatic heterocycles. The zero-order valence-electron chi connectivity index (χ0n) is 12.9. The van der Waals surface area contributed by atoms with Crippen molar-refractivity contribution in [1.82, 2.24) is 5.32 Å². The molecule has 23 heavy (non-hydrogen) atoms. The fraction of sp³-hybridized carbons (Fsp3) is 0.316. The number of carbonyl (C=O) groups excluding carboxylic acids is 1. The van der Waals surface area contributed by atoms with Crippen LogP contribution in [0, 0.1) is 5.82 Å². The van der Waals surface area contributed by atoms with Crippen molar-refractivity contribution in [3.05, 3.63) is 65.5 Å². The maximum atomic E-state index is 13.0. The highest BCUT2D eigenvalue weighted by Gasteiger charge is 2.21. The molecule has 1 unspecified atom stereocenters. The number of carbonyl (C=O) groups is 1. The van der Waals surface area contributed by atoms with Crippen molar-refractivity contribution in [2.24, 2.45) is 0 Å². The van der Waals surface area contributed by atoms with Crippen molar-refractivity contribution in [3.8, 4) is 5.75 Å². The normalized spacial score (nSPS) is 16.5. The number of nitrogens with one attached hydrogen (secondary N) is 1. The van der Waals surface area contributed by atoms with Gasteiger partial charge < -0.3 is 10.1 Å². The molecule has 4 heteroatoms. The molecule has 0 spiro atoms. The minimum Gasteiger partial charge on any atom is -0.493 e. The second kappa shape index (κ2) is 7.27. The van der Waals surface area contributed by atoms with Gasteiger partial charge in [0.25, 0.3) is 0 Å². The molecule has 2 aromatic carbocycles. The van der Waals surface area contributed by atoms with E-state index in [2.05, 4.69) is 17.4 Å². The van der Waals surface area contributed by atoms with Crippen LogP contribution in [0.3, 0.4) is 0 Å². The number of fused-ring (bicyclic) bond motifs is 1. The molecular formula is C19H20FNO2. The van der Waals surface area contributed by atoms with Gasteiger partial charge >= 0.3 is 0 Å². The smallest absolute Gasteiger partial charge is 0.223 e. The summed E-state index contributed by atoms with van der Waals surface area (Å²) in [6, 6.07) is 14.3. The van der Waals surface area contributed by atoms with Crippen LogP contribution in [0.5, 0.6) is 5.75 Å². The van der Waals surface area contributed by atoms with E-state index in [0.29, 0.717) is 5.75 Å². The van der Waals surface area contributed by atoms with Crippen LogP contribution in [0.25, 0.3) is 0 Å². The van der Waals surface area contributed by atoms with Crippen molar-refractivity contribution in [3.63, 3.8) is 0 Å². The molecule has 1 amide bonds. The molecule has 1 aliphatic carbocycles. The van der Waals surface area contributed by atoms with Gasteiger partial charge in [-0.15, -0.1) is 0 Å². The van der Waals surface area contributed by atoms with E-state index in [1.54, 1.807) is 12.1 Å². The Balaban J connectivity index is 1.50. The van der Waals surface area contributed by atoms with Gasteiger partial charge in [-0.1, -0.05) is 30.3 Å². The first kappa shape index (κ1) is 15.5. The van der Waals surface area contributed by atoms with Crippen LogP contribution >= 0.6 is 0 Å². The molecule has 0 saturated carbocycles. The Kier molecular flexibility index (Phi) is 4.91. The lowest BCUT2D eigenvalue weighted by atomic mass is 9.88. The van der Waals surface area contributed by atoms with Crippen LogP contribution in [0.2, 0.25) is 0 Å². The second-order valence-electron chi connectivity index (χ2n) is 5.77. The third-order valence-electron chi connectivity index (χ3n) is 4.10. The third kappa shape index (κ3) is 4.09. The topological polar surface area (TPSA) is 38.3 Å². The molecule has 0 heterocycles. The fourth-order valence-corrected chi connectivity index (χ4v) is 2.99. The predicted octanol–water partition coefficient (Wildman–Crippen LogP) is 3.79. The minimum absolute atomic E-state index is 0.0388. The Hall–Kier alpha value is -2.36. The van der Waals surface area contributed by atoms with Gasteiger partial charge in [-0.2, -0.15) is 0 Å². The summed E-state index contributed by atoms with van der Waals surface area (Å²) in [5, 5.41) is 3.08. The van der Waals surface area contributed by atoms with Crippen LogP contribution in [-0.2, 0) is 11.2 Å². The molecule has 0 aliphatic heterocycles. The van der Waals surface area contributed by atoms with Gasteiger partial charge in [-0.05, 0) is 42.5 Å². The first-order valence-corrected chi connectivity index (χ1v) is 7.98. The fourth-order valence-electron chi connectivity index (χ4n) is 2.99. The van der Waals surface area contributed by atoms with E-state index < -0.39 is 0 Å². The highest BCUT2D eigenvalue weighted by Crippen LogP contribution is 2.29. The van der Waals surface area contributed by atoms with Crippen molar-refractivity contribution in [2.75, 3.05) is 6.61 Å². The van der Waals surface area contributed by atoms with Gasteiger partial charge in [0.1, 0.15) is 11.6 Å². The molecule has 0 fully saturated rings. The Morgan fingerprint density at radius 1 is 1.22 bits per heavy atom. The molecule has 3 rings (SSSR count). The Morgan fingerprint density at radius 2 is 2.09 bits per heavy atom. The Morgan fingerprint density at radius 3 is 2.96 bits per heavy atom. The zero-order chi connectivity index (χ0) is 16.1. The summed E-state index contributed by atoms with van der Waals surface area (Å²) in [4.78, 5) is 12.1. The molecule has 0 bridgehead atoms. The molecule has 0 radical (unpaired) electrons. The van der Waals surface area contributed by atoms with E-state index in [0.717, 1.165) is 19.3 Å². The van der Waals surface area contributed by atoms with E-state index in [-0.39, 0.29) is 30.8 Å². The van der Waals surface area contributed by atoms with Crippen molar-refractivity contribution in [2.45, 2.75) is 31.7 Å². The van der Waals surface area contributed by atoms with Crippen LogP contribution in [0.1, 0.15) is 36.4 Å². The van der Waals surface area contributed by atoms with Crippen molar-refractivity contribution >= 4 is 5.91 Å². The van der Waals surface area contributed by atoms with Crippen LogP contribution in [0.15, 0.2) is 48.5 Å².